The third-order valence-corrected chi connectivity index (χ3v) is 9.08. The summed E-state index contributed by atoms with van der Waals surface area (Å²) in [4.78, 5) is 50.7. The summed E-state index contributed by atoms with van der Waals surface area (Å²) in [5, 5.41) is 44.1. The van der Waals surface area contributed by atoms with Gasteiger partial charge in [-0.15, -0.1) is 0 Å². The Morgan fingerprint density at radius 1 is 1.27 bits per heavy atom. The molecule has 2 aliphatic rings. The molecule has 2 saturated heterocycles. The lowest BCUT2D eigenvalue weighted by molar-refractivity contribution is -0.306. The van der Waals surface area contributed by atoms with Gasteiger partial charge in [-0.05, 0) is 23.3 Å². The largest absolute Gasteiger partial charge is 0.548 e. The molecule has 1 unspecified atom stereocenters. The van der Waals surface area contributed by atoms with Crippen LogP contribution in [0.15, 0.2) is 33.6 Å². The molecule has 0 bridgehead atoms. The summed E-state index contributed by atoms with van der Waals surface area (Å²) in [5.74, 6) is -0.575. The van der Waals surface area contributed by atoms with Gasteiger partial charge in [0.25, 0.3) is 5.56 Å². The molecule has 45 heavy (non-hydrogen) atoms. The van der Waals surface area contributed by atoms with E-state index in [1.807, 2.05) is 6.26 Å². The van der Waals surface area contributed by atoms with Crippen LogP contribution in [-0.4, -0.2) is 111 Å². The molecule has 0 saturated carbocycles. The molecule has 5 rings (SSSR count). The highest BCUT2D eigenvalue weighted by molar-refractivity contribution is 7.96. The second kappa shape index (κ2) is 14.3. The lowest BCUT2D eigenvalue weighted by atomic mass is 10.1. The fourth-order valence-corrected chi connectivity index (χ4v) is 6.64. The van der Waals surface area contributed by atoms with Crippen molar-refractivity contribution in [2.24, 2.45) is 10.8 Å². The van der Waals surface area contributed by atoms with Gasteiger partial charge in [0, 0.05) is 23.1 Å². The molecule has 2 fully saturated rings. The number of aromatic amines is 1. The number of nitrogens with one attached hydrogen (secondary N) is 1. The zero-order valence-electron chi connectivity index (χ0n) is 24.1. The smallest absolute Gasteiger partial charge is 0.330 e. The van der Waals surface area contributed by atoms with Crippen LogP contribution in [-0.2, 0) is 25.2 Å². The van der Waals surface area contributed by atoms with Crippen molar-refractivity contribution in [2.45, 2.75) is 62.3 Å². The summed E-state index contributed by atoms with van der Waals surface area (Å²) >= 11 is 0. The van der Waals surface area contributed by atoms with E-state index in [0.29, 0.717) is 22.5 Å². The topological polar surface area (TPSA) is 319 Å². The second-order valence-electron chi connectivity index (χ2n) is 10.5. The van der Waals surface area contributed by atoms with E-state index in [1.54, 1.807) is 6.92 Å². The van der Waals surface area contributed by atoms with Crippen LogP contribution in [0.5, 0.6) is 0 Å². The van der Waals surface area contributed by atoms with Gasteiger partial charge >= 0.3 is 5.69 Å². The summed E-state index contributed by atoms with van der Waals surface area (Å²) < 4.78 is 14.0. The minimum absolute atomic E-state index is 0.199. The van der Waals surface area contributed by atoms with Gasteiger partial charge in [-0.25, -0.2) is 19.7 Å². The Labute approximate surface area is 256 Å². The summed E-state index contributed by atoms with van der Waals surface area (Å²) in [7, 11) is -0.451. The number of carbonyl (C=O) groups excluding carboxylic acids is 1. The highest BCUT2D eigenvalue weighted by atomic mass is 32.2. The molecule has 244 valence electrons. The van der Waals surface area contributed by atoms with Crippen LogP contribution < -0.4 is 27.8 Å². The molecule has 0 aromatic carbocycles. The molecule has 3 aromatic rings. The number of nitrogen functional groups attached to an aromatic ring is 1. The molecule has 9 atom stereocenters. The Morgan fingerprint density at radius 2 is 2.00 bits per heavy atom. The SMILES string of the molecule is C[S+](C[C@H](N)C(=O)[O-])C[C@H]1O[C@@H](n2cnc3c(N)ncnc32)[C@H](O)[C@@H]1O.Cc1cn([C@H]2C[C@H](N=[N+]=[N-])[C@@H](CO)O2)c(=O)[nH]c1=O. The van der Waals surface area contributed by atoms with Gasteiger partial charge < -0.3 is 46.2 Å². The van der Waals surface area contributed by atoms with Crippen molar-refractivity contribution in [3.05, 3.63) is 55.7 Å². The van der Waals surface area contributed by atoms with Gasteiger partial charge in [-0.1, -0.05) is 5.11 Å². The molecule has 0 radical (unpaired) electrons. The number of nitrogens with zero attached hydrogens (tertiary/aromatic N) is 8. The Kier molecular flexibility index (Phi) is 10.8. The first-order valence-corrected chi connectivity index (χ1v) is 15.5. The number of rotatable bonds is 9. The summed E-state index contributed by atoms with van der Waals surface area (Å²) in [6.07, 6.45) is 0.891. The van der Waals surface area contributed by atoms with E-state index in [-0.39, 0.29) is 24.6 Å². The van der Waals surface area contributed by atoms with Gasteiger partial charge in [-0.3, -0.25) is 18.9 Å². The number of anilines is 1. The zero-order chi connectivity index (χ0) is 33.0. The van der Waals surface area contributed by atoms with Crippen LogP contribution in [0.4, 0.5) is 5.82 Å². The fourth-order valence-electron chi connectivity index (χ4n) is 4.91. The van der Waals surface area contributed by atoms with E-state index in [4.69, 9.17) is 31.6 Å². The Bertz CT molecular complexity index is 1680. The van der Waals surface area contributed by atoms with E-state index < -0.39 is 77.1 Å². The zero-order valence-corrected chi connectivity index (χ0v) is 24.9. The molecule has 0 amide bonds. The average Bonchev–Trinajstić information content (AvgIpc) is 3.68. The summed E-state index contributed by atoms with van der Waals surface area (Å²) in [5.41, 5.74) is 19.7. The van der Waals surface area contributed by atoms with E-state index in [0.717, 1.165) is 0 Å². The lowest BCUT2D eigenvalue weighted by Crippen LogP contribution is -2.47. The Hall–Kier alpha value is -4.08. The number of H-pyrrole nitrogens is 1. The van der Waals surface area contributed by atoms with Gasteiger partial charge in [0.2, 0.25) is 0 Å². The number of nitrogens with two attached hydrogens (primary N) is 2. The number of aliphatic carboxylic acids is 1. The van der Waals surface area contributed by atoms with Crippen LogP contribution in [0.3, 0.4) is 0 Å². The molecule has 21 heteroatoms. The normalized spacial score (nSPS) is 27.4. The maximum absolute atomic E-state index is 11.7. The van der Waals surface area contributed by atoms with Crippen molar-refractivity contribution < 1.29 is 34.7 Å². The van der Waals surface area contributed by atoms with Crippen LogP contribution in [0.1, 0.15) is 24.4 Å². The Balaban J connectivity index is 0.000000215. The van der Waals surface area contributed by atoms with Crippen LogP contribution in [0, 0.1) is 6.92 Å². The number of carboxylic acid groups (broad SMARTS) is 1. The molecule has 8 N–H and O–H groups in total. The van der Waals surface area contributed by atoms with E-state index >= 15 is 0 Å². The van der Waals surface area contributed by atoms with Crippen LogP contribution >= 0.6 is 0 Å². The number of fused-ring (bicyclic) bond motifs is 1. The number of carbonyl (C=O) groups is 1. The van der Waals surface area contributed by atoms with Crippen molar-refractivity contribution in [3.63, 3.8) is 0 Å². The van der Waals surface area contributed by atoms with Gasteiger partial charge in [0.05, 0.1) is 43.3 Å². The molecule has 2 aliphatic heterocycles. The maximum Gasteiger partial charge on any atom is 0.330 e. The first-order valence-electron chi connectivity index (χ1n) is 13.5. The standard InChI is InChI=1S/C14H20N6O5S.C10H13N5O4/c1-26(2-6(15)14(23)24)3-7-9(21)10(22)13(25-7)20-5-19-8-11(16)17-4-18-12(8)20;1-5-3-15(10(18)12-9(5)17)8-2-6(13-14-11)7(4-16)19-8/h4-7,9-10,13,21-22H,2-3,15H2,1H3,(H2-,16,17,18,23,24);3,6-8,16H,2,4H2,1H3,(H,12,17,18)/t6-,7+,9+,10+,13+,26?;6-,7+,8+/m00/s1. The van der Waals surface area contributed by atoms with Gasteiger partial charge in [0.1, 0.15) is 47.9 Å². The second-order valence-corrected chi connectivity index (χ2v) is 12.7. The number of imidazole rings is 1. The highest BCUT2D eigenvalue weighted by Gasteiger charge is 2.46. The third kappa shape index (κ3) is 7.43. The van der Waals surface area contributed by atoms with E-state index in [1.165, 1.54) is 28.0 Å². The molecule has 20 nitrogen and oxygen atoms in total. The van der Waals surface area contributed by atoms with Crippen molar-refractivity contribution in [1.82, 2.24) is 29.1 Å². The first-order chi connectivity index (χ1) is 21.4. The number of aromatic nitrogens is 6. The minimum atomic E-state index is -1.32. The lowest BCUT2D eigenvalue weighted by Gasteiger charge is -2.17. The predicted molar refractivity (Wildman–Crippen MR) is 156 cm³/mol. The first kappa shape index (κ1) is 33.8. The van der Waals surface area contributed by atoms with Crippen molar-refractivity contribution in [1.29, 1.82) is 0 Å². The highest BCUT2D eigenvalue weighted by Crippen LogP contribution is 2.33. The molecular weight excluding hydrogens is 618 g/mol. The maximum atomic E-state index is 11.7. The molecule has 0 aliphatic carbocycles. The number of ether oxygens (including phenoxy) is 2. The molecule has 0 spiro atoms. The van der Waals surface area contributed by atoms with Gasteiger partial charge in [0.15, 0.2) is 17.7 Å². The van der Waals surface area contributed by atoms with Gasteiger partial charge in [-0.2, -0.15) is 0 Å². The predicted octanol–water partition coefficient (Wildman–Crippen LogP) is -3.84. The summed E-state index contributed by atoms with van der Waals surface area (Å²) in [6, 6.07) is -1.63. The van der Waals surface area contributed by atoms with E-state index in [2.05, 4.69) is 30.0 Å². The number of aryl methyl sites for hydroxylation is 1. The molecule has 5 heterocycles. The monoisotopic (exact) mass is 651 g/mol. The molecular formula is C24H33N11O9S. The minimum Gasteiger partial charge on any atom is -0.548 e. The number of aliphatic hydroxyl groups is 3. The van der Waals surface area contributed by atoms with Crippen molar-refractivity contribution in [2.75, 3.05) is 30.1 Å². The number of hydrogen-bond donors (Lipinski definition) is 6. The number of hydrogen-bond acceptors (Lipinski definition) is 15. The number of carboxylic acids is 1. The van der Waals surface area contributed by atoms with Crippen molar-refractivity contribution >= 4 is 33.8 Å². The number of aliphatic hydroxyl groups excluding tert-OH is 3. The third-order valence-electron chi connectivity index (χ3n) is 7.25. The van der Waals surface area contributed by atoms with Crippen molar-refractivity contribution in [3.8, 4) is 0 Å². The average molecular weight is 652 g/mol. The Morgan fingerprint density at radius 3 is 2.67 bits per heavy atom. The van der Waals surface area contributed by atoms with Crippen LogP contribution in [0.2, 0.25) is 0 Å². The van der Waals surface area contributed by atoms with Crippen LogP contribution in [0.25, 0.3) is 21.6 Å². The quantitative estimate of drug-likeness (QED) is 0.0559. The fraction of sp³-hybridized carbons (Fsp3) is 0.583. The number of azide groups is 1. The van der Waals surface area contributed by atoms with E-state index in [9.17, 15) is 29.7 Å². The summed E-state index contributed by atoms with van der Waals surface area (Å²) in [6.45, 7) is 1.26. The molecule has 3 aromatic heterocycles.